The normalized spacial score (nSPS) is 36.6. The van der Waals surface area contributed by atoms with E-state index in [2.05, 4.69) is 0 Å². The first-order valence-corrected chi connectivity index (χ1v) is 5.98. The molecule has 100 valence electrons. The van der Waals surface area contributed by atoms with E-state index < -0.39 is 37.1 Å². The minimum atomic E-state index is -1.30. The summed E-state index contributed by atoms with van der Waals surface area (Å²) in [6, 6.07) is 9.42. The maximum Gasteiger partial charge on any atom is 0.111 e. The summed E-state index contributed by atoms with van der Waals surface area (Å²) in [5, 5.41) is 38.2. The van der Waals surface area contributed by atoms with Crippen molar-refractivity contribution in [1.29, 1.82) is 0 Å². The summed E-state index contributed by atoms with van der Waals surface area (Å²) >= 11 is 0. The fourth-order valence-electron chi connectivity index (χ4n) is 2.19. The second-order valence-corrected chi connectivity index (χ2v) is 4.56. The molecule has 1 aliphatic heterocycles. The van der Waals surface area contributed by atoms with Gasteiger partial charge < -0.3 is 25.2 Å². The molecule has 1 saturated heterocycles. The van der Waals surface area contributed by atoms with Gasteiger partial charge in [0.05, 0.1) is 12.7 Å². The van der Waals surface area contributed by atoms with E-state index in [0.29, 0.717) is 6.42 Å². The van der Waals surface area contributed by atoms with Crippen LogP contribution in [-0.4, -0.2) is 57.6 Å². The van der Waals surface area contributed by atoms with Crippen LogP contribution in [0.3, 0.4) is 0 Å². The molecule has 0 bridgehead atoms. The van der Waals surface area contributed by atoms with Crippen molar-refractivity contribution in [2.75, 3.05) is 6.61 Å². The van der Waals surface area contributed by atoms with E-state index in [-0.39, 0.29) is 0 Å². The minimum absolute atomic E-state index is 0.393. The Morgan fingerprint density at radius 2 is 1.50 bits per heavy atom. The molecule has 0 spiro atoms. The molecule has 1 aromatic rings. The fourth-order valence-corrected chi connectivity index (χ4v) is 2.19. The van der Waals surface area contributed by atoms with Crippen LogP contribution in [0.1, 0.15) is 5.56 Å². The quantitative estimate of drug-likeness (QED) is 0.559. The maximum absolute atomic E-state index is 9.87. The SMILES string of the molecule is OC[C@H]1OC(Cc2ccccc2)[C@H](O)[C@@H](O)[C@H]1O. The van der Waals surface area contributed by atoms with Gasteiger partial charge in [0.1, 0.15) is 24.4 Å². The molecule has 0 aromatic heterocycles. The molecule has 1 heterocycles. The van der Waals surface area contributed by atoms with Gasteiger partial charge in [-0.15, -0.1) is 0 Å². The highest BCUT2D eigenvalue weighted by Gasteiger charge is 2.43. The second-order valence-electron chi connectivity index (χ2n) is 4.56. The monoisotopic (exact) mass is 254 g/mol. The van der Waals surface area contributed by atoms with Gasteiger partial charge in [-0.05, 0) is 5.56 Å². The van der Waals surface area contributed by atoms with Crippen molar-refractivity contribution in [1.82, 2.24) is 0 Å². The Morgan fingerprint density at radius 1 is 0.889 bits per heavy atom. The molecule has 4 N–H and O–H groups in total. The highest BCUT2D eigenvalue weighted by molar-refractivity contribution is 5.16. The maximum atomic E-state index is 9.87. The first-order chi connectivity index (χ1) is 8.63. The van der Waals surface area contributed by atoms with E-state index in [1.165, 1.54) is 0 Å². The third-order valence-corrected chi connectivity index (χ3v) is 3.27. The van der Waals surface area contributed by atoms with Crippen LogP contribution in [0, 0.1) is 0 Å². The Balaban J connectivity index is 2.08. The lowest BCUT2D eigenvalue weighted by Gasteiger charge is -2.40. The highest BCUT2D eigenvalue weighted by Crippen LogP contribution is 2.23. The van der Waals surface area contributed by atoms with Gasteiger partial charge >= 0.3 is 0 Å². The molecule has 18 heavy (non-hydrogen) atoms. The van der Waals surface area contributed by atoms with Crippen LogP contribution in [-0.2, 0) is 11.2 Å². The molecule has 0 amide bonds. The summed E-state index contributed by atoms with van der Waals surface area (Å²) in [4.78, 5) is 0. The number of benzene rings is 1. The van der Waals surface area contributed by atoms with Gasteiger partial charge in [0.2, 0.25) is 0 Å². The molecule has 0 radical (unpaired) electrons. The van der Waals surface area contributed by atoms with E-state index in [0.717, 1.165) is 5.56 Å². The summed E-state index contributed by atoms with van der Waals surface area (Å²) in [5.41, 5.74) is 0.960. The summed E-state index contributed by atoms with van der Waals surface area (Å²) in [7, 11) is 0. The van der Waals surface area contributed by atoms with Crippen LogP contribution in [0.5, 0.6) is 0 Å². The van der Waals surface area contributed by atoms with Crippen LogP contribution in [0.4, 0.5) is 0 Å². The second kappa shape index (κ2) is 5.77. The van der Waals surface area contributed by atoms with Crippen LogP contribution < -0.4 is 0 Å². The van der Waals surface area contributed by atoms with E-state index >= 15 is 0 Å². The van der Waals surface area contributed by atoms with Crippen molar-refractivity contribution in [2.45, 2.75) is 36.9 Å². The standard InChI is InChI=1S/C13H18O5/c14-7-10-12(16)13(17)11(15)9(18-10)6-8-4-2-1-3-5-8/h1-5,9-17H,6-7H2/t9?,10-,11+,12+,13-/m1/s1. The zero-order valence-corrected chi connectivity index (χ0v) is 9.88. The average Bonchev–Trinajstić information content (AvgIpc) is 2.40. The molecule has 1 aromatic carbocycles. The van der Waals surface area contributed by atoms with Gasteiger partial charge in [0.25, 0.3) is 0 Å². The zero-order chi connectivity index (χ0) is 13.1. The van der Waals surface area contributed by atoms with Crippen LogP contribution >= 0.6 is 0 Å². The van der Waals surface area contributed by atoms with Crippen molar-refractivity contribution in [3.05, 3.63) is 35.9 Å². The first kappa shape index (κ1) is 13.5. The van der Waals surface area contributed by atoms with Gasteiger partial charge in [0.15, 0.2) is 0 Å². The van der Waals surface area contributed by atoms with Crippen molar-refractivity contribution < 1.29 is 25.2 Å². The highest BCUT2D eigenvalue weighted by atomic mass is 16.5. The molecule has 5 heteroatoms. The molecule has 2 rings (SSSR count). The average molecular weight is 254 g/mol. The molecule has 1 aliphatic rings. The van der Waals surface area contributed by atoms with Gasteiger partial charge in [-0.3, -0.25) is 0 Å². The number of aliphatic hydroxyl groups is 4. The largest absolute Gasteiger partial charge is 0.394 e. The first-order valence-electron chi connectivity index (χ1n) is 5.98. The Hall–Kier alpha value is -0.980. The Labute approximate surface area is 105 Å². The van der Waals surface area contributed by atoms with Crippen molar-refractivity contribution in [3.8, 4) is 0 Å². The lowest BCUT2D eigenvalue weighted by molar-refractivity contribution is -0.228. The van der Waals surface area contributed by atoms with Crippen LogP contribution in [0.25, 0.3) is 0 Å². The molecule has 1 fully saturated rings. The van der Waals surface area contributed by atoms with E-state index in [9.17, 15) is 15.3 Å². The summed E-state index contributed by atoms with van der Waals surface area (Å²) in [6.45, 7) is -0.393. The summed E-state index contributed by atoms with van der Waals surface area (Å²) in [6.07, 6.45) is -4.81. The lowest BCUT2D eigenvalue weighted by Crippen LogP contribution is -2.58. The van der Waals surface area contributed by atoms with Gasteiger partial charge in [0, 0.05) is 6.42 Å². The third-order valence-electron chi connectivity index (χ3n) is 3.27. The number of rotatable bonds is 3. The smallest absolute Gasteiger partial charge is 0.111 e. The van der Waals surface area contributed by atoms with Crippen LogP contribution in [0.15, 0.2) is 30.3 Å². The van der Waals surface area contributed by atoms with Crippen molar-refractivity contribution >= 4 is 0 Å². The molecule has 0 saturated carbocycles. The third kappa shape index (κ3) is 2.71. The number of ether oxygens (including phenoxy) is 1. The molecular formula is C13H18O5. The Bertz CT molecular complexity index is 367. The Kier molecular flexibility index (Phi) is 4.31. The summed E-state index contributed by atoms with van der Waals surface area (Å²) in [5.74, 6) is 0. The van der Waals surface area contributed by atoms with E-state index in [4.69, 9.17) is 9.84 Å². The van der Waals surface area contributed by atoms with Crippen LogP contribution in [0.2, 0.25) is 0 Å². The Morgan fingerprint density at radius 3 is 2.11 bits per heavy atom. The number of hydrogen-bond donors (Lipinski definition) is 4. The molecule has 5 atom stereocenters. The van der Waals surface area contributed by atoms with Crippen molar-refractivity contribution in [3.63, 3.8) is 0 Å². The molecular weight excluding hydrogens is 236 g/mol. The lowest BCUT2D eigenvalue weighted by atomic mass is 9.92. The summed E-state index contributed by atoms with van der Waals surface area (Å²) < 4.78 is 5.42. The van der Waals surface area contributed by atoms with Gasteiger partial charge in [-0.1, -0.05) is 30.3 Å². The minimum Gasteiger partial charge on any atom is -0.394 e. The molecule has 5 nitrogen and oxygen atoms in total. The fraction of sp³-hybridized carbons (Fsp3) is 0.538. The topological polar surface area (TPSA) is 90.2 Å². The van der Waals surface area contributed by atoms with Gasteiger partial charge in [-0.25, -0.2) is 0 Å². The number of hydrogen-bond acceptors (Lipinski definition) is 5. The van der Waals surface area contributed by atoms with Crippen molar-refractivity contribution in [2.24, 2.45) is 0 Å². The zero-order valence-electron chi connectivity index (χ0n) is 9.88. The molecule has 1 unspecified atom stereocenters. The number of aliphatic hydroxyl groups excluding tert-OH is 4. The predicted molar refractivity (Wildman–Crippen MR) is 63.9 cm³/mol. The predicted octanol–water partition coefficient (Wildman–Crippen LogP) is -0.929. The van der Waals surface area contributed by atoms with E-state index in [1.54, 1.807) is 0 Å². The van der Waals surface area contributed by atoms with E-state index in [1.807, 2.05) is 30.3 Å². The van der Waals surface area contributed by atoms with Gasteiger partial charge in [-0.2, -0.15) is 0 Å². The molecule has 0 aliphatic carbocycles.